The van der Waals surface area contributed by atoms with Crippen molar-refractivity contribution in [2.75, 3.05) is 6.54 Å². The largest absolute Gasteiger partial charge is 0.507 e. The van der Waals surface area contributed by atoms with Crippen LogP contribution in [0.4, 0.5) is 0 Å². The van der Waals surface area contributed by atoms with E-state index in [9.17, 15) is 14.7 Å². The molecule has 0 radical (unpaired) electrons. The number of aliphatic hydroxyl groups is 1. The number of Topliss-reactive ketones (excluding diaryl/α,β-unsaturated/α-hetero) is 1. The fraction of sp³-hybridized carbons (Fsp3) is 0.348. The molecule has 1 fully saturated rings. The van der Waals surface area contributed by atoms with E-state index in [1.54, 1.807) is 29.3 Å². The quantitative estimate of drug-likeness (QED) is 0.352. The molecule has 28 heavy (non-hydrogen) atoms. The average Bonchev–Trinajstić information content (AvgIpc) is 2.95. The molecule has 3 rings (SSSR count). The van der Waals surface area contributed by atoms with E-state index >= 15 is 0 Å². The Morgan fingerprint density at radius 2 is 1.89 bits per heavy atom. The number of carbonyl (C=O) groups excluding carboxylic acids is 2. The highest BCUT2D eigenvalue weighted by molar-refractivity contribution is 6.46. The molecule has 1 atom stereocenters. The number of pyridine rings is 1. The maximum absolute atomic E-state index is 12.9. The predicted octanol–water partition coefficient (Wildman–Crippen LogP) is 4.31. The van der Waals surface area contributed by atoms with Crippen molar-refractivity contribution < 1.29 is 14.7 Å². The number of hydrogen-bond acceptors (Lipinski definition) is 4. The topological polar surface area (TPSA) is 70.5 Å². The molecule has 146 valence electrons. The average molecular weight is 378 g/mol. The van der Waals surface area contributed by atoms with Gasteiger partial charge in [0.2, 0.25) is 0 Å². The molecule has 0 aliphatic carbocycles. The van der Waals surface area contributed by atoms with Crippen LogP contribution >= 0.6 is 0 Å². The van der Waals surface area contributed by atoms with Crippen molar-refractivity contribution >= 4 is 17.4 Å². The van der Waals surface area contributed by atoms with E-state index in [-0.39, 0.29) is 11.3 Å². The van der Waals surface area contributed by atoms with Crippen LogP contribution in [0.5, 0.6) is 0 Å². The first-order chi connectivity index (χ1) is 13.5. The zero-order valence-corrected chi connectivity index (χ0v) is 16.6. The molecule has 1 N–H and O–H groups in total. The summed E-state index contributed by atoms with van der Waals surface area (Å²) >= 11 is 0. The lowest BCUT2D eigenvalue weighted by Crippen LogP contribution is -2.31. The highest BCUT2D eigenvalue weighted by atomic mass is 16.3. The number of carbonyl (C=O) groups is 2. The number of rotatable bonds is 6. The SMILES string of the molecule is CCCCCN1C(=O)C(=O)/C(=C(\O)c2ccc(C)c(C)c2)C1c1ccccn1. The van der Waals surface area contributed by atoms with Gasteiger partial charge in [-0.15, -0.1) is 0 Å². The lowest BCUT2D eigenvalue weighted by atomic mass is 9.96. The summed E-state index contributed by atoms with van der Waals surface area (Å²) in [5, 5.41) is 11.0. The van der Waals surface area contributed by atoms with Crippen molar-refractivity contribution in [1.82, 2.24) is 9.88 Å². The van der Waals surface area contributed by atoms with Gasteiger partial charge in [0.15, 0.2) is 0 Å². The summed E-state index contributed by atoms with van der Waals surface area (Å²) in [6.07, 6.45) is 4.42. The summed E-state index contributed by atoms with van der Waals surface area (Å²) in [6, 6.07) is 10.2. The van der Waals surface area contributed by atoms with Crippen LogP contribution in [0.15, 0.2) is 48.2 Å². The van der Waals surface area contributed by atoms with Gasteiger partial charge in [-0.25, -0.2) is 0 Å². The molecule has 1 unspecified atom stereocenters. The van der Waals surface area contributed by atoms with E-state index in [0.29, 0.717) is 17.8 Å². The van der Waals surface area contributed by atoms with Crippen LogP contribution in [0, 0.1) is 13.8 Å². The van der Waals surface area contributed by atoms with Crippen molar-refractivity contribution in [3.8, 4) is 0 Å². The highest BCUT2D eigenvalue weighted by Crippen LogP contribution is 2.38. The fourth-order valence-corrected chi connectivity index (χ4v) is 3.53. The van der Waals surface area contributed by atoms with Gasteiger partial charge in [-0.2, -0.15) is 0 Å². The zero-order valence-electron chi connectivity index (χ0n) is 16.6. The number of benzene rings is 1. The molecule has 2 aromatic rings. The van der Waals surface area contributed by atoms with E-state index < -0.39 is 17.7 Å². The maximum Gasteiger partial charge on any atom is 0.295 e. The second kappa shape index (κ2) is 8.38. The van der Waals surface area contributed by atoms with E-state index in [0.717, 1.165) is 30.4 Å². The van der Waals surface area contributed by atoms with Crippen LogP contribution in [0.2, 0.25) is 0 Å². The van der Waals surface area contributed by atoms with Crippen LogP contribution in [0.1, 0.15) is 54.6 Å². The summed E-state index contributed by atoms with van der Waals surface area (Å²) in [6.45, 7) is 6.48. The Morgan fingerprint density at radius 1 is 1.11 bits per heavy atom. The molecular formula is C23H26N2O3. The number of aliphatic hydroxyl groups excluding tert-OH is 1. The number of unbranched alkanes of at least 4 members (excludes halogenated alkanes) is 2. The first-order valence-electron chi connectivity index (χ1n) is 9.72. The number of aryl methyl sites for hydroxylation is 2. The Labute approximate surface area is 165 Å². The summed E-state index contributed by atoms with van der Waals surface area (Å²) in [5.74, 6) is -1.37. The Morgan fingerprint density at radius 3 is 2.54 bits per heavy atom. The molecule has 1 aliphatic rings. The van der Waals surface area contributed by atoms with Gasteiger partial charge >= 0.3 is 0 Å². The van der Waals surface area contributed by atoms with Gasteiger partial charge in [0.25, 0.3) is 11.7 Å². The number of hydrogen-bond donors (Lipinski definition) is 1. The van der Waals surface area contributed by atoms with Crippen molar-refractivity contribution in [2.24, 2.45) is 0 Å². The summed E-state index contributed by atoms with van der Waals surface area (Å²) in [7, 11) is 0. The Hall–Kier alpha value is -2.95. The van der Waals surface area contributed by atoms with Crippen molar-refractivity contribution in [3.63, 3.8) is 0 Å². The standard InChI is InChI=1S/C23H26N2O3/c1-4-5-8-13-25-20(18-9-6-7-12-24-18)19(22(27)23(25)28)21(26)17-11-10-15(2)16(3)14-17/h6-7,9-12,14,20,26H,4-5,8,13H2,1-3H3/b21-19-. The van der Waals surface area contributed by atoms with Gasteiger partial charge in [0.1, 0.15) is 11.8 Å². The third kappa shape index (κ3) is 3.70. The Balaban J connectivity index is 2.12. The molecule has 1 saturated heterocycles. The van der Waals surface area contributed by atoms with Crippen LogP contribution in [0.25, 0.3) is 5.76 Å². The second-order valence-electron chi connectivity index (χ2n) is 7.25. The molecular weight excluding hydrogens is 352 g/mol. The van der Waals surface area contributed by atoms with E-state index in [2.05, 4.69) is 11.9 Å². The smallest absolute Gasteiger partial charge is 0.295 e. The predicted molar refractivity (Wildman–Crippen MR) is 109 cm³/mol. The van der Waals surface area contributed by atoms with Gasteiger partial charge in [0.05, 0.1) is 11.3 Å². The fourth-order valence-electron chi connectivity index (χ4n) is 3.53. The summed E-state index contributed by atoms with van der Waals surface area (Å²) in [4.78, 5) is 31.5. The maximum atomic E-state index is 12.9. The minimum Gasteiger partial charge on any atom is -0.507 e. The minimum absolute atomic E-state index is 0.114. The molecule has 0 bridgehead atoms. The molecule has 1 amide bonds. The first-order valence-corrected chi connectivity index (χ1v) is 9.72. The molecule has 2 heterocycles. The Bertz CT molecular complexity index is 919. The number of nitrogens with zero attached hydrogens (tertiary/aromatic N) is 2. The number of likely N-dealkylation sites (tertiary alicyclic amines) is 1. The van der Waals surface area contributed by atoms with E-state index in [1.165, 1.54) is 0 Å². The van der Waals surface area contributed by atoms with Crippen LogP contribution in [0.3, 0.4) is 0 Å². The first kappa shape index (κ1) is 19.8. The summed E-state index contributed by atoms with van der Waals surface area (Å²) < 4.78 is 0. The summed E-state index contributed by atoms with van der Waals surface area (Å²) in [5.41, 5.74) is 3.34. The zero-order chi connectivity index (χ0) is 20.3. The van der Waals surface area contributed by atoms with Gasteiger partial charge in [-0.3, -0.25) is 14.6 Å². The molecule has 1 aromatic carbocycles. The number of amides is 1. The normalized spacial score (nSPS) is 18.7. The molecule has 1 aromatic heterocycles. The molecule has 0 saturated carbocycles. The molecule has 1 aliphatic heterocycles. The van der Waals surface area contributed by atoms with Crippen LogP contribution in [-0.4, -0.2) is 33.2 Å². The van der Waals surface area contributed by atoms with Gasteiger partial charge < -0.3 is 10.0 Å². The van der Waals surface area contributed by atoms with Crippen molar-refractivity contribution in [2.45, 2.75) is 46.1 Å². The molecule has 5 nitrogen and oxygen atoms in total. The van der Waals surface area contributed by atoms with Gasteiger partial charge in [-0.05, 0) is 49.6 Å². The lowest BCUT2D eigenvalue weighted by molar-refractivity contribution is -0.140. The third-order valence-electron chi connectivity index (χ3n) is 5.29. The van der Waals surface area contributed by atoms with Crippen molar-refractivity contribution in [3.05, 3.63) is 70.6 Å². The third-order valence-corrected chi connectivity index (χ3v) is 5.29. The second-order valence-corrected chi connectivity index (χ2v) is 7.25. The molecule has 0 spiro atoms. The highest BCUT2D eigenvalue weighted by Gasteiger charge is 2.46. The van der Waals surface area contributed by atoms with Crippen molar-refractivity contribution in [1.29, 1.82) is 0 Å². The van der Waals surface area contributed by atoms with E-state index in [4.69, 9.17) is 0 Å². The van der Waals surface area contributed by atoms with Crippen LogP contribution in [-0.2, 0) is 9.59 Å². The Kier molecular flexibility index (Phi) is 5.93. The minimum atomic E-state index is -0.667. The van der Waals surface area contributed by atoms with E-state index in [1.807, 2.05) is 32.0 Å². The number of aromatic nitrogens is 1. The van der Waals surface area contributed by atoms with Gasteiger partial charge in [-0.1, -0.05) is 38.0 Å². The number of ketones is 1. The van der Waals surface area contributed by atoms with Crippen LogP contribution < -0.4 is 0 Å². The molecule has 5 heteroatoms. The van der Waals surface area contributed by atoms with Gasteiger partial charge in [0, 0.05) is 18.3 Å². The monoisotopic (exact) mass is 378 g/mol. The lowest BCUT2D eigenvalue weighted by Gasteiger charge is -2.24.